The molecule has 2 N–H and O–H groups in total. The van der Waals surface area contributed by atoms with Crippen LogP contribution in [0.2, 0.25) is 10.0 Å². The van der Waals surface area contributed by atoms with Crippen LogP contribution in [0.15, 0.2) is 42.5 Å². The van der Waals surface area contributed by atoms with Crippen LogP contribution in [0.1, 0.15) is 39.8 Å². The molecule has 0 spiro atoms. The molecule has 0 aliphatic carbocycles. The Morgan fingerprint density at radius 3 is 2.36 bits per heavy atom. The van der Waals surface area contributed by atoms with Crippen molar-refractivity contribution < 1.29 is 18.4 Å². The van der Waals surface area contributed by atoms with Gasteiger partial charge in [-0.15, -0.1) is 0 Å². The first kappa shape index (κ1) is 27.4. The molecule has 0 aliphatic rings. The van der Waals surface area contributed by atoms with Crippen molar-refractivity contribution in [1.82, 2.24) is 14.7 Å². The zero-order valence-corrected chi connectivity index (χ0v) is 21.8. The fraction of sp³-hybridized carbons (Fsp3) is 0.320. The van der Waals surface area contributed by atoms with Crippen LogP contribution in [0.3, 0.4) is 0 Å². The van der Waals surface area contributed by atoms with Crippen LogP contribution in [0.25, 0.3) is 5.69 Å². The fourth-order valence-electron chi connectivity index (χ4n) is 3.31. The van der Waals surface area contributed by atoms with Crippen LogP contribution >= 0.6 is 23.2 Å². The Hall–Kier alpha value is -3.17. The van der Waals surface area contributed by atoms with Gasteiger partial charge in [-0.2, -0.15) is 5.10 Å². The molecule has 0 saturated heterocycles. The summed E-state index contributed by atoms with van der Waals surface area (Å²) in [5, 5.41) is 10.5. The maximum atomic E-state index is 14.0. The van der Waals surface area contributed by atoms with E-state index in [4.69, 9.17) is 23.2 Å². The summed E-state index contributed by atoms with van der Waals surface area (Å²) in [5.41, 5.74) is 0.813. The molecule has 0 fully saturated rings. The summed E-state index contributed by atoms with van der Waals surface area (Å²) in [5.74, 6) is -1.78. The SMILES string of the molecule is CCCN(CC(=O)Nc1cc(C(C)(C)C)nn1-c1ccc(Cl)c(Cl)c1)C(=O)Nc1ccc(F)cc1F. The van der Waals surface area contributed by atoms with E-state index in [9.17, 15) is 18.4 Å². The molecule has 0 atom stereocenters. The van der Waals surface area contributed by atoms with Crippen molar-refractivity contribution >= 4 is 46.6 Å². The topological polar surface area (TPSA) is 79.3 Å². The minimum Gasteiger partial charge on any atom is -0.315 e. The maximum Gasteiger partial charge on any atom is 0.322 e. The van der Waals surface area contributed by atoms with Gasteiger partial charge in [-0.05, 0) is 36.8 Å². The van der Waals surface area contributed by atoms with Crippen LogP contribution in [0.4, 0.5) is 25.1 Å². The number of hydrogen-bond donors (Lipinski definition) is 2. The van der Waals surface area contributed by atoms with Gasteiger partial charge >= 0.3 is 6.03 Å². The van der Waals surface area contributed by atoms with Crippen molar-refractivity contribution in [2.24, 2.45) is 0 Å². The van der Waals surface area contributed by atoms with Crippen molar-refractivity contribution in [3.05, 3.63) is 69.8 Å². The number of anilines is 2. The van der Waals surface area contributed by atoms with Gasteiger partial charge in [0.2, 0.25) is 5.91 Å². The van der Waals surface area contributed by atoms with E-state index in [0.717, 1.165) is 17.8 Å². The van der Waals surface area contributed by atoms with Crippen LogP contribution in [0.5, 0.6) is 0 Å². The molecule has 3 aromatic rings. The molecule has 0 aliphatic heterocycles. The highest BCUT2D eigenvalue weighted by Crippen LogP contribution is 2.29. The number of amides is 3. The first-order chi connectivity index (χ1) is 16.9. The second kappa shape index (κ2) is 11.3. The Labute approximate surface area is 218 Å². The molecule has 0 bridgehead atoms. The molecule has 0 radical (unpaired) electrons. The van der Waals surface area contributed by atoms with Gasteiger partial charge in [0.25, 0.3) is 0 Å². The number of hydrogen-bond acceptors (Lipinski definition) is 3. The van der Waals surface area contributed by atoms with Gasteiger partial charge in [-0.25, -0.2) is 18.3 Å². The molecular weight excluding hydrogens is 511 g/mol. The highest BCUT2D eigenvalue weighted by Gasteiger charge is 2.23. The lowest BCUT2D eigenvalue weighted by atomic mass is 9.92. The predicted octanol–water partition coefficient (Wildman–Crippen LogP) is 6.64. The lowest BCUT2D eigenvalue weighted by molar-refractivity contribution is -0.116. The van der Waals surface area contributed by atoms with Gasteiger partial charge in [-0.1, -0.05) is 50.9 Å². The average Bonchev–Trinajstić information content (AvgIpc) is 3.21. The summed E-state index contributed by atoms with van der Waals surface area (Å²) in [4.78, 5) is 27.0. The fourth-order valence-corrected chi connectivity index (χ4v) is 3.61. The number of benzene rings is 2. The third-order valence-electron chi connectivity index (χ3n) is 5.18. The van der Waals surface area contributed by atoms with Gasteiger partial charge in [0, 0.05) is 24.1 Å². The van der Waals surface area contributed by atoms with E-state index in [-0.39, 0.29) is 24.2 Å². The molecule has 0 unspecified atom stereocenters. The number of carbonyl (C=O) groups is 2. The van der Waals surface area contributed by atoms with Gasteiger partial charge in [0.15, 0.2) is 0 Å². The zero-order chi connectivity index (χ0) is 26.6. The molecule has 36 heavy (non-hydrogen) atoms. The minimum absolute atomic E-state index is 0.185. The number of nitrogens with zero attached hydrogens (tertiary/aromatic N) is 3. The number of aromatic nitrogens is 2. The van der Waals surface area contributed by atoms with E-state index in [2.05, 4.69) is 15.7 Å². The van der Waals surface area contributed by atoms with Crippen molar-refractivity contribution in [3.63, 3.8) is 0 Å². The van der Waals surface area contributed by atoms with E-state index in [1.54, 1.807) is 28.9 Å². The van der Waals surface area contributed by atoms with Crippen LogP contribution in [-0.2, 0) is 10.2 Å². The summed E-state index contributed by atoms with van der Waals surface area (Å²) in [6, 6.07) is 8.87. The summed E-state index contributed by atoms with van der Waals surface area (Å²) >= 11 is 12.2. The minimum atomic E-state index is -0.913. The van der Waals surface area contributed by atoms with Gasteiger partial charge < -0.3 is 15.5 Å². The second-order valence-corrected chi connectivity index (χ2v) is 10.0. The quantitative estimate of drug-likeness (QED) is 0.354. The standard InChI is InChI=1S/C25H27Cl2F2N5O2/c1-5-10-33(24(36)30-20-9-6-15(28)11-19(20)29)14-23(35)31-22-13-21(25(2,3)4)32-34(22)16-7-8-17(26)18(27)12-16/h6-9,11-13H,5,10,14H2,1-4H3,(H,30,36)(H,31,35). The first-order valence-electron chi connectivity index (χ1n) is 11.3. The Morgan fingerprint density at radius 1 is 1.03 bits per heavy atom. The summed E-state index contributed by atoms with van der Waals surface area (Å²) in [6.07, 6.45) is 0.558. The van der Waals surface area contributed by atoms with Crippen LogP contribution < -0.4 is 10.6 Å². The number of rotatable bonds is 7. The summed E-state index contributed by atoms with van der Waals surface area (Å²) in [7, 11) is 0. The zero-order valence-electron chi connectivity index (χ0n) is 20.3. The maximum absolute atomic E-state index is 14.0. The number of nitrogens with one attached hydrogen (secondary N) is 2. The average molecular weight is 538 g/mol. The van der Waals surface area contributed by atoms with Crippen molar-refractivity contribution in [1.29, 1.82) is 0 Å². The van der Waals surface area contributed by atoms with Crippen molar-refractivity contribution in [2.45, 2.75) is 39.5 Å². The largest absolute Gasteiger partial charge is 0.322 e. The molecule has 2 aromatic carbocycles. The van der Waals surface area contributed by atoms with E-state index in [1.165, 1.54) is 4.90 Å². The summed E-state index contributed by atoms with van der Waals surface area (Å²) in [6.45, 7) is 7.74. The van der Waals surface area contributed by atoms with Crippen LogP contribution in [-0.4, -0.2) is 39.7 Å². The molecule has 3 amide bonds. The third-order valence-corrected chi connectivity index (χ3v) is 5.92. The lowest BCUT2D eigenvalue weighted by Crippen LogP contribution is -2.41. The van der Waals surface area contributed by atoms with Gasteiger partial charge in [-0.3, -0.25) is 4.79 Å². The van der Waals surface area contributed by atoms with Crippen molar-refractivity contribution in [3.8, 4) is 5.69 Å². The monoisotopic (exact) mass is 537 g/mol. The van der Waals surface area contributed by atoms with E-state index in [0.29, 0.717) is 34.0 Å². The van der Waals surface area contributed by atoms with Crippen LogP contribution in [0, 0.1) is 11.6 Å². The Bertz CT molecular complexity index is 1270. The Balaban J connectivity index is 1.82. The predicted molar refractivity (Wildman–Crippen MR) is 138 cm³/mol. The van der Waals surface area contributed by atoms with E-state index < -0.39 is 23.6 Å². The smallest absolute Gasteiger partial charge is 0.315 e. The molecule has 192 valence electrons. The molecule has 7 nitrogen and oxygen atoms in total. The number of urea groups is 1. The Kier molecular flexibility index (Phi) is 8.58. The molecule has 1 heterocycles. The highest BCUT2D eigenvalue weighted by molar-refractivity contribution is 6.42. The van der Waals surface area contributed by atoms with Gasteiger partial charge in [0.1, 0.15) is 24.0 Å². The second-order valence-electron chi connectivity index (χ2n) is 9.20. The molecule has 0 saturated carbocycles. The molecule has 1 aromatic heterocycles. The molecule has 11 heteroatoms. The van der Waals surface area contributed by atoms with E-state index >= 15 is 0 Å². The summed E-state index contributed by atoms with van der Waals surface area (Å²) < 4.78 is 28.7. The molecular formula is C25H27Cl2F2N5O2. The number of halogens is 4. The van der Waals surface area contributed by atoms with E-state index in [1.807, 2.05) is 27.7 Å². The third kappa shape index (κ3) is 6.73. The molecule has 3 rings (SSSR count). The van der Waals surface area contributed by atoms with Gasteiger partial charge in [0.05, 0.1) is 27.1 Å². The first-order valence-corrected chi connectivity index (χ1v) is 12.0. The normalized spacial score (nSPS) is 11.3. The number of carbonyl (C=O) groups excluding carboxylic acids is 2. The highest BCUT2D eigenvalue weighted by atomic mass is 35.5. The lowest BCUT2D eigenvalue weighted by Gasteiger charge is -2.22. The van der Waals surface area contributed by atoms with Crippen molar-refractivity contribution in [2.75, 3.05) is 23.7 Å². The Morgan fingerprint density at radius 2 is 1.75 bits per heavy atom.